The molecule has 150 valence electrons. The number of nitrogens with zero attached hydrogens (tertiary/aromatic N) is 4. The number of hydrogen-bond acceptors (Lipinski definition) is 6. The lowest BCUT2D eigenvalue weighted by Crippen LogP contribution is -2.09. The van der Waals surface area contributed by atoms with Crippen LogP contribution in [0, 0.1) is 5.92 Å². The van der Waals surface area contributed by atoms with Gasteiger partial charge in [0.25, 0.3) is 0 Å². The molecule has 0 bridgehead atoms. The molecule has 2 N–H and O–H groups in total. The largest absolute Gasteiger partial charge is 0.261 e. The van der Waals surface area contributed by atoms with Crippen molar-refractivity contribution in [3.8, 4) is 0 Å². The molecule has 3 rings (SSSR count). The summed E-state index contributed by atoms with van der Waals surface area (Å²) in [6.45, 7) is 5.96. The first kappa shape index (κ1) is 21.0. The summed E-state index contributed by atoms with van der Waals surface area (Å²) in [6, 6.07) is 9.22. The SMILES string of the molecule is C/C(=N\Nc1cc(N/N=C(\C)c2ccc(Cl)cc2)ncn1)C1=CC=C(Cl)C(C)C1. The average Bonchev–Trinajstić information content (AvgIpc) is 2.73. The summed E-state index contributed by atoms with van der Waals surface area (Å²) in [5.41, 5.74) is 9.73. The van der Waals surface area contributed by atoms with Crippen LogP contribution in [-0.2, 0) is 0 Å². The second kappa shape index (κ2) is 9.67. The average molecular weight is 429 g/mol. The van der Waals surface area contributed by atoms with Crippen molar-refractivity contribution < 1.29 is 0 Å². The monoisotopic (exact) mass is 428 g/mol. The van der Waals surface area contributed by atoms with E-state index in [1.807, 2.05) is 50.3 Å². The normalized spacial score (nSPS) is 17.5. The van der Waals surface area contributed by atoms with Gasteiger partial charge >= 0.3 is 0 Å². The molecule has 8 heteroatoms. The minimum absolute atomic E-state index is 0.304. The van der Waals surface area contributed by atoms with E-state index in [2.05, 4.69) is 37.9 Å². The second-order valence-electron chi connectivity index (χ2n) is 6.76. The van der Waals surface area contributed by atoms with Crippen molar-refractivity contribution in [1.29, 1.82) is 0 Å². The second-order valence-corrected chi connectivity index (χ2v) is 7.63. The molecule has 0 amide bonds. The summed E-state index contributed by atoms with van der Waals surface area (Å²) in [7, 11) is 0. The number of anilines is 2. The number of hydrazone groups is 2. The molecular weight excluding hydrogens is 407 g/mol. The van der Waals surface area contributed by atoms with Crippen LogP contribution in [-0.4, -0.2) is 21.4 Å². The van der Waals surface area contributed by atoms with Crippen molar-refractivity contribution in [3.05, 3.63) is 70.0 Å². The fourth-order valence-electron chi connectivity index (χ4n) is 2.70. The van der Waals surface area contributed by atoms with Gasteiger partial charge in [0.15, 0.2) is 11.6 Å². The van der Waals surface area contributed by atoms with Gasteiger partial charge in [0.2, 0.25) is 0 Å². The maximum Gasteiger partial charge on any atom is 0.151 e. The predicted molar refractivity (Wildman–Crippen MR) is 122 cm³/mol. The highest BCUT2D eigenvalue weighted by Gasteiger charge is 2.15. The van der Waals surface area contributed by atoms with Crippen molar-refractivity contribution in [2.75, 3.05) is 10.9 Å². The highest BCUT2D eigenvalue weighted by atomic mass is 35.5. The van der Waals surface area contributed by atoms with Gasteiger partial charge in [0.05, 0.1) is 11.4 Å². The molecule has 1 aromatic carbocycles. The predicted octanol–water partition coefficient (Wildman–Crippen LogP) is 5.84. The van der Waals surface area contributed by atoms with Crippen LogP contribution in [0.15, 0.2) is 69.6 Å². The standard InChI is InChI=1S/C21H22Cl2N6/c1-13-10-17(6-9-19(13)23)15(3)27-29-21-11-20(24-12-25-21)28-26-14(2)16-4-7-18(22)8-5-16/h4-9,11-13H,10H2,1-3H3,(H2,24,25,28,29)/b26-14+,27-15+. The van der Waals surface area contributed by atoms with Crippen molar-refractivity contribution in [2.45, 2.75) is 27.2 Å². The quantitative estimate of drug-likeness (QED) is 0.447. The van der Waals surface area contributed by atoms with Gasteiger partial charge in [-0.3, -0.25) is 10.9 Å². The van der Waals surface area contributed by atoms with Crippen LogP contribution in [0.2, 0.25) is 5.02 Å². The van der Waals surface area contributed by atoms with E-state index < -0.39 is 0 Å². The van der Waals surface area contributed by atoms with E-state index in [0.717, 1.165) is 34.0 Å². The van der Waals surface area contributed by atoms with Crippen LogP contribution >= 0.6 is 23.2 Å². The highest BCUT2D eigenvalue weighted by molar-refractivity contribution is 6.30. The Kier molecular flexibility index (Phi) is 7.01. The van der Waals surface area contributed by atoms with Crippen LogP contribution in [0.25, 0.3) is 0 Å². The van der Waals surface area contributed by atoms with E-state index in [4.69, 9.17) is 23.2 Å². The number of nitrogens with one attached hydrogen (secondary N) is 2. The zero-order valence-corrected chi connectivity index (χ0v) is 18.0. The van der Waals surface area contributed by atoms with E-state index in [1.54, 1.807) is 6.07 Å². The van der Waals surface area contributed by atoms with Gasteiger partial charge in [-0.15, -0.1) is 0 Å². The van der Waals surface area contributed by atoms with E-state index in [9.17, 15) is 0 Å². The Morgan fingerprint density at radius 2 is 1.59 bits per heavy atom. The molecule has 0 aliphatic heterocycles. The molecular formula is C21H22Cl2N6. The number of hydrogen-bond donors (Lipinski definition) is 2. The zero-order valence-electron chi connectivity index (χ0n) is 16.4. The first-order valence-corrected chi connectivity index (χ1v) is 9.93. The van der Waals surface area contributed by atoms with Gasteiger partial charge in [-0.2, -0.15) is 10.2 Å². The Balaban J connectivity index is 1.65. The third-order valence-corrected chi connectivity index (χ3v) is 5.26. The summed E-state index contributed by atoms with van der Waals surface area (Å²) >= 11 is 12.1. The third-order valence-electron chi connectivity index (χ3n) is 4.51. The van der Waals surface area contributed by atoms with E-state index in [0.29, 0.717) is 22.6 Å². The van der Waals surface area contributed by atoms with E-state index in [1.165, 1.54) is 6.33 Å². The van der Waals surface area contributed by atoms with Crippen LogP contribution in [0.3, 0.4) is 0 Å². The molecule has 0 fully saturated rings. The molecule has 0 radical (unpaired) electrons. The molecule has 1 atom stereocenters. The lowest BCUT2D eigenvalue weighted by atomic mass is 9.93. The van der Waals surface area contributed by atoms with Gasteiger partial charge in [-0.05, 0) is 55.5 Å². The molecule has 1 aliphatic carbocycles. The van der Waals surface area contributed by atoms with Crippen molar-refractivity contribution in [1.82, 2.24) is 9.97 Å². The number of benzene rings is 1. The maximum atomic E-state index is 6.15. The van der Waals surface area contributed by atoms with Crippen LogP contribution in [0.5, 0.6) is 0 Å². The summed E-state index contributed by atoms with van der Waals surface area (Å²) in [5.74, 6) is 1.43. The Morgan fingerprint density at radius 1 is 0.966 bits per heavy atom. The molecule has 0 saturated carbocycles. The Labute approximate surface area is 180 Å². The molecule has 1 unspecified atom stereocenters. The van der Waals surface area contributed by atoms with Crippen molar-refractivity contribution in [2.24, 2.45) is 16.1 Å². The number of halogens is 2. The van der Waals surface area contributed by atoms with Crippen LogP contribution in [0.4, 0.5) is 11.6 Å². The van der Waals surface area contributed by atoms with Crippen LogP contribution in [0.1, 0.15) is 32.8 Å². The summed E-state index contributed by atoms with van der Waals surface area (Å²) in [4.78, 5) is 8.38. The summed E-state index contributed by atoms with van der Waals surface area (Å²) < 4.78 is 0. The Hall–Kier alpha value is -2.70. The summed E-state index contributed by atoms with van der Waals surface area (Å²) in [5, 5.41) is 10.4. The third kappa shape index (κ3) is 5.89. The first-order chi connectivity index (χ1) is 13.9. The number of allylic oxidation sites excluding steroid dienone is 4. The lowest BCUT2D eigenvalue weighted by molar-refractivity contribution is 0.708. The molecule has 1 heterocycles. The van der Waals surface area contributed by atoms with Gasteiger partial charge in [-0.25, -0.2) is 9.97 Å². The molecule has 1 aromatic heterocycles. The fraction of sp³-hybridized carbons (Fsp3) is 0.238. The topological polar surface area (TPSA) is 74.6 Å². The van der Waals surface area contributed by atoms with Crippen LogP contribution < -0.4 is 10.9 Å². The number of rotatable bonds is 6. The zero-order chi connectivity index (χ0) is 20.8. The summed E-state index contributed by atoms with van der Waals surface area (Å²) in [6.07, 6.45) is 6.25. The highest BCUT2D eigenvalue weighted by Crippen LogP contribution is 2.28. The molecule has 2 aromatic rings. The maximum absolute atomic E-state index is 6.15. The number of aromatic nitrogens is 2. The first-order valence-electron chi connectivity index (χ1n) is 9.17. The molecule has 29 heavy (non-hydrogen) atoms. The minimum Gasteiger partial charge on any atom is -0.261 e. The Bertz CT molecular complexity index is 992. The smallest absolute Gasteiger partial charge is 0.151 e. The van der Waals surface area contributed by atoms with Gasteiger partial charge in [0.1, 0.15) is 6.33 Å². The molecule has 0 spiro atoms. The molecule has 1 aliphatic rings. The minimum atomic E-state index is 0.304. The van der Waals surface area contributed by atoms with Crippen molar-refractivity contribution >= 4 is 46.3 Å². The van der Waals surface area contributed by atoms with Crippen molar-refractivity contribution in [3.63, 3.8) is 0 Å². The Morgan fingerprint density at radius 3 is 2.21 bits per heavy atom. The van der Waals surface area contributed by atoms with E-state index >= 15 is 0 Å². The fourth-order valence-corrected chi connectivity index (χ4v) is 2.96. The van der Waals surface area contributed by atoms with Gasteiger partial charge in [0, 0.05) is 16.1 Å². The van der Waals surface area contributed by atoms with E-state index in [-0.39, 0.29) is 0 Å². The molecule has 6 nitrogen and oxygen atoms in total. The van der Waals surface area contributed by atoms with Gasteiger partial charge in [-0.1, -0.05) is 48.3 Å². The molecule has 0 saturated heterocycles. The van der Waals surface area contributed by atoms with Gasteiger partial charge < -0.3 is 0 Å². The lowest BCUT2D eigenvalue weighted by Gasteiger charge is -2.17.